The number of hydrogen-bond donors (Lipinski definition) is 1. The van der Waals surface area contributed by atoms with E-state index < -0.39 is 13.0 Å². The van der Waals surface area contributed by atoms with Crippen molar-refractivity contribution in [3.8, 4) is 5.75 Å². The van der Waals surface area contributed by atoms with Crippen LogP contribution >= 0.6 is 0 Å². The number of aliphatic hydroxyl groups is 1. The number of benzene rings is 1. The minimum Gasteiger partial charge on any atom is -0.487 e. The molecule has 78 valence electrons. The summed E-state index contributed by atoms with van der Waals surface area (Å²) >= 11 is 0. The van der Waals surface area contributed by atoms with Gasteiger partial charge in [-0.2, -0.15) is 0 Å². The van der Waals surface area contributed by atoms with Gasteiger partial charge in [-0.3, -0.25) is 0 Å². The van der Waals surface area contributed by atoms with Crippen molar-refractivity contribution in [1.29, 1.82) is 0 Å². The second-order valence-electron chi connectivity index (χ2n) is 2.90. The number of hydrogen-bond acceptors (Lipinski definition) is 2. The Labute approximate surface area is 81.1 Å². The molecule has 1 aromatic rings. The Morgan fingerprint density at radius 1 is 1.43 bits per heavy atom. The van der Waals surface area contributed by atoms with Gasteiger partial charge in [-0.25, -0.2) is 8.78 Å². The highest BCUT2D eigenvalue weighted by atomic mass is 19.3. The van der Waals surface area contributed by atoms with E-state index in [1.54, 1.807) is 25.1 Å². The Hall–Kier alpha value is -1.16. The molecule has 0 aliphatic carbocycles. The molecule has 0 heterocycles. The van der Waals surface area contributed by atoms with E-state index in [4.69, 9.17) is 9.84 Å². The van der Waals surface area contributed by atoms with Crippen molar-refractivity contribution in [3.05, 3.63) is 29.3 Å². The van der Waals surface area contributed by atoms with Crippen LogP contribution in [-0.4, -0.2) is 18.1 Å². The van der Waals surface area contributed by atoms with Gasteiger partial charge in [-0.15, -0.1) is 0 Å². The molecule has 0 fully saturated rings. The lowest BCUT2D eigenvalue weighted by Crippen LogP contribution is -2.08. The molecule has 0 aromatic heterocycles. The highest BCUT2D eigenvalue weighted by molar-refractivity contribution is 5.38. The summed E-state index contributed by atoms with van der Waals surface area (Å²) in [6.45, 7) is 1.000. The van der Waals surface area contributed by atoms with Crippen molar-refractivity contribution in [3.63, 3.8) is 0 Å². The number of rotatable bonds is 4. The molecule has 1 aromatic carbocycles. The Bertz CT molecular complexity index is 300. The molecule has 2 nitrogen and oxygen atoms in total. The van der Waals surface area contributed by atoms with Crippen molar-refractivity contribution in [2.75, 3.05) is 6.61 Å². The summed E-state index contributed by atoms with van der Waals surface area (Å²) in [6.07, 6.45) is -2.48. The first-order valence-corrected chi connectivity index (χ1v) is 4.25. The normalized spacial score (nSPS) is 10.6. The lowest BCUT2D eigenvalue weighted by Gasteiger charge is -2.10. The summed E-state index contributed by atoms with van der Waals surface area (Å²) in [7, 11) is 0. The molecule has 0 aliphatic rings. The molecule has 0 unspecified atom stereocenters. The molecule has 1 N–H and O–H groups in total. The Morgan fingerprint density at radius 3 is 2.71 bits per heavy atom. The van der Waals surface area contributed by atoms with Gasteiger partial charge in [0, 0.05) is 0 Å². The minimum atomic E-state index is -2.48. The highest BCUT2D eigenvalue weighted by Crippen LogP contribution is 2.21. The van der Waals surface area contributed by atoms with Crippen molar-refractivity contribution in [2.45, 2.75) is 20.0 Å². The average molecular weight is 202 g/mol. The molecule has 0 amide bonds. The second-order valence-corrected chi connectivity index (χ2v) is 2.90. The van der Waals surface area contributed by atoms with Crippen LogP contribution < -0.4 is 4.74 Å². The van der Waals surface area contributed by atoms with Gasteiger partial charge in [-0.05, 0) is 24.1 Å². The smallest absolute Gasteiger partial charge is 0.272 e. The van der Waals surface area contributed by atoms with Crippen molar-refractivity contribution < 1.29 is 18.6 Å². The van der Waals surface area contributed by atoms with Crippen molar-refractivity contribution in [2.24, 2.45) is 0 Å². The molecule has 0 atom stereocenters. The highest BCUT2D eigenvalue weighted by Gasteiger charge is 2.07. The molecule has 14 heavy (non-hydrogen) atoms. The van der Waals surface area contributed by atoms with Gasteiger partial charge in [-0.1, -0.05) is 12.1 Å². The fourth-order valence-corrected chi connectivity index (χ4v) is 1.14. The van der Waals surface area contributed by atoms with E-state index in [9.17, 15) is 8.78 Å². The largest absolute Gasteiger partial charge is 0.487 e. The lowest BCUT2D eigenvalue weighted by atomic mass is 10.1. The molecular weight excluding hydrogens is 190 g/mol. The van der Waals surface area contributed by atoms with Gasteiger partial charge in [0.15, 0.2) is 0 Å². The van der Waals surface area contributed by atoms with Crippen LogP contribution in [0, 0.1) is 6.92 Å². The molecule has 0 radical (unpaired) electrons. The van der Waals surface area contributed by atoms with Crippen LogP contribution in [0.3, 0.4) is 0 Å². The fourth-order valence-electron chi connectivity index (χ4n) is 1.14. The fraction of sp³-hybridized carbons (Fsp3) is 0.400. The van der Waals surface area contributed by atoms with Crippen molar-refractivity contribution in [1.82, 2.24) is 0 Å². The van der Waals surface area contributed by atoms with E-state index in [1.165, 1.54) is 0 Å². The molecule has 4 heteroatoms. The molecule has 0 bridgehead atoms. The second kappa shape index (κ2) is 4.91. The topological polar surface area (TPSA) is 29.5 Å². The maximum absolute atomic E-state index is 11.9. The van der Waals surface area contributed by atoms with Crippen LogP contribution in [0.5, 0.6) is 5.75 Å². The van der Waals surface area contributed by atoms with Gasteiger partial charge in [0.25, 0.3) is 6.43 Å². The van der Waals surface area contributed by atoms with E-state index in [0.29, 0.717) is 16.9 Å². The number of aliphatic hydroxyl groups excluding tert-OH is 1. The van der Waals surface area contributed by atoms with Gasteiger partial charge in [0.1, 0.15) is 12.4 Å². The minimum absolute atomic E-state index is 0.113. The Morgan fingerprint density at radius 2 is 2.14 bits per heavy atom. The van der Waals surface area contributed by atoms with E-state index in [2.05, 4.69) is 0 Å². The van der Waals surface area contributed by atoms with Crippen LogP contribution in [0.4, 0.5) is 8.78 Å². The lowest BCUT2D eigenvalue weighted by molar-refractivity contribution is 0.0814. The van der Waals surface area contributed by atoms with Crippen molar-refractivity contribution >= 4 is 0 Å². The SMILES string of the molecule is Cc1c(CO)cccc1OCC(F)F. The summed E-state index contributed by atoms with van der Waals surface area (Å²) in [5.41, 5.74) is 1.40. The molecular formula is C10H12F2O2. The first kappa shape index (κ1) is 10.9. The summed E-state index contributed by atoms with van der Waals surface area (Å²) in [6, 6.07) is 5.00. The first-order valence-electron chi connectivity index (χ1n) is 4.25. The molecule has 0 aliphatic heterocycles. The predicted molar refractivity (Wildman–Crippen MR) is 48.6 cm³/mol. The van der Waals surface area contributed by atoms with E-state index in [-0.39, 0.29) is 6.61 Å². The van der Waals surface area contributed by atoms with Crippen LogP contribution in [-0.2, 0) is 6.61 Å². The average Bonchev–Trinajstić information content (AvgIpc) is 2.16. The van der Waals surface area contributed by atoms with Crippen LogP contribution in [0.15, 0.2) is 18.2 Å². The summed E-state index contributed by atoms with van der Waals surface area (Å²) in [5, 5.41) is 8.92. The van der Waals surface area contributed by atoms with E-state index in [1.807, 2.05) is 0 Å². The zero-order valence-electron chi connectivity index (χ0n) is 7.84. The summed E-state index contributed by atoms with van der Waals surface area (Å²) < 4.78 is 28.6. The number of alkyl halides is 2. The summed E-state index contributed by atoms with van der Waals surface area (Å²) in [5.74, 6) is 0.400. The van der Waals surface area contributed by atoms with Crippen LogP contribution in [0.25, 0.3) is 0 Å². The van der Waals surface area contributed by atoms with Gasteiger partial charge < -0.3 is 9.84 Å². The van der Waals surface area contributed by atoms with Crippen LogP contribution in [0.1, 0.15) is 11.1 Å². The summed E-state index contributed by atoms with van der Waals surface area (Å²) in [4.78, 5) is 0. The van der Waals surface area contributed by atoms with Crippen LogP contribution in [0.2, 0.25) is 0 Å². The Kier molecular flexibility index (Phi) is 3.83. The monoisotopic (exact) mass is 202 g/mol. The van der Waals surface area contributed by atoms with Gasteiger partial charge >= 0.3 is 0 Å². The zero-order valence-corrected chi connectivity index (χ0v) is 7.84. The molecule has 0 spiro atoms. The molecule has 1 rings (SSSR count). The molecule has 0 saturated carbocycles. The first-order chi connectivity index (χ1) is 6.65. The zero-order chi connectivity index (χ0) is 10.6. The predicted octanol–water partition coefficient (Wildman–Crippen LogP) is 2.13. The third-order valence-corrected chi connectivity index (χ3v) is 1.93. The van der Waals surface area contributed by atoms with E-state index >= 15 is 0 Å². The standard InChI is InChI=1S/C10H12F2O2/c1-7-8(5-13)3-2-4-9(7)14-6-10(11)12/h2-4,10,13H,5-6H2,1H3. The van der Waals surface area contributed by atoms with Gasteiger partial charge in [0.2, 0.25) is 0 Å². The number of ether oxygens (including phenoxy) is 1. The maximum Gasteiger partial charge on any atom is 0.272 e. The maximum atomic E-state index is 11.9. The number of halogens is 2. The van der Waals surface area contributed by atoms with Gasteiger partial charge in [0.05, 0.1) is 6.61 Å². The Balaban J connectivity index is 2.76. The third-order valence-electron chi connectivity index (χ3n) is 1.93. The quantitative estimate of drug-likeness (QED) is 0.810. The molecule has 0 saturated heterocycles. The van der Waals surface area contributed by atoms with E-state index in [0.717, 1.165) is 0 Å². The third kappa shape index (κ3) is 2.67.